The fraction of sp³-hybridized carbons (Fsp3) is 0.583. The van der Waals surface area contributed by atoms with Crippen LogP contribution in [0.15, 0.2) is 11.3 Å². The average Bonchev–Trinajstić information content (AvgIpc) is 2.58. The van der Waals surface area contributed by atoms with E-state index in [1.165, 1.54) is 11.3 Å². The largest absolute Gasteiger partial charge is 0.316 e. The van der Waals surface area contributed by atoms with E-state index in [0.717, 1.165) is 38.6 Å². The first-order valence-electron chi connectivity index (χ1n) is 5.27. The molecule has 0 N–H and O–H groups in total. The molecule has 0 spiro atoms. The molecule has 2 aliphatic heterocycles. The minimum atomic E-state index is 0.304. The molecule has 0 bridgehead atoms. The van der Waals surface area contributed by atoms with E-state index in [4.69, 9.17) is 6.42 Å². The highest BCUT2D eigenvalue weighted by atomic mass is 16.2. The smallest absolute Gasteiger partial charge is 0.227 e. The van der Waals surface area contributed by atoms with Crippen molar-refractivity contribution in [2.75, 3.05) is 6.54 Å². The van der Waals surface area contributed by atoms with Gasteiger partial charge in [-0.1, -0.05) is 0 Å². The molecule has 14 heavy (non-hydrogen) atoms. The Morgan fingerprint density at radius 3 is 3.00 bits per heavy atom. The number of terminal acetylenes is 1. The third-order valence-corrected chi connectivity index (χ3v) is 3.04. The zero-order chi connectivity index (χ0) is 9.97. The second kappa shape index (κ2) is 3.88. The van der Waals surface area contributed by atoms with Crippen LogP contribution < -0.4 is 0 Å². The zero-order valence-electron chi connectivity index (χ0n) is 8.38. The minimum absolute atomic E-state index is 0.304. The average molecular weight is 189 g/mol. The van der Waals surface area contributed by atoms with Gasteiger partial charge in [-0.05, 0) is 31.3 Å². The van der Waals surface area contributed by atoms with Crippen LogP contribution in [-0.2, 0) is 4.79 Å². The van der Waals surface area contributed by atoms with E-state index in [1.54, 1.807) is 0 Å². The van der Waals surface area contributed by atoms with E-state index in [-0.39, 0.29) is 0 Å². The Bertz CT molecular complexity index is 322. The van der Waals surface area contributed by atoms with E-state index in [1.807, 2.05) is 4.90 Å². The van der Waals surface area contributed by atoms with Gasteiger partial charge < -0.3 is 4.90 Å². The van der Waals surface area contributed by atoms with Crippen molar-refractivity contribution in [1.29, 1.82) is 0 Å². The lowest BCUT2D eigenvalue weighted by atomic mass is 9.98. The van der Waals surface area contributed by atoms with Crippen LogP contribution in [0, 0.1) is 12.3 Å². The summed E-state index contributed by atoms with van der Waals surface area (Å²) in [5.74, 6) is 2.97. The van der Waals surface area contributed by atoms with Gasteiger partial charge in [-0.2, -0.15) is 0 Å². The molecular formula is C12H15NO. The number of carbonyl (C=O) groups excluding carboxylic acids is 1. The van der Waals surface area contributed by atoms with Gasteiger partial charge >= 0.3 is 0 Å². The second-order valence-electron chi connectivity index (χ2n) is 3.90. The molecule has 0 saturated carbocycles. The lowest BCUT2D eigenvalue weighted by Crippen LogP contribution is -2.28. The maximum atomic E-state index is 11.5. The summed E-state index contributed by atoms with van der Waals surface area (Å²) >= 11 is 0. The van der Waals surface area contributed by atoms with Crippen LogP contribution in [0.1, 0.15) is 38.5 Å². The van der Waals surface area contributed by atoms with E-state index in [2.05, 4.69) is 5.92 Å². The van der Waals surface area contributed by atoms with Gasteiger partial charge in [0.05, 0.1) is 0 Å². The molecule has 2 heterocycles. The lowest BCUT2D eigenvalue weighted by Gasteiger charge is -2.26. The maximum absolute atomic E-state index is 11.5. The van der Waals surface area contributed by atoms with E-state index in [0.29, 0.717) is 12.3 Å². The molecule has 1 amide bonds. The Balaban J connectivity index is 2.17. The summed E-state index contributed by atoms with van der Waals surface area (Å²) in [5.41, 5.74) is 2.72. The van der Waals surface area contributed by atoms with Gasteiger partial charge in [0.25, 0.3) is 0 Å². The molecule has 0 unspecified atom stereocenters. The van der Waals surface area contributed by atoms with Crippen LogP contribution >= 0.6 is 0 Å². The van der Waals surface area contributed by atoms with Crippen molar-refractivity contribution >= 4 is 5.91 Å². The van der Waals surface area contributed by atoms with Crippen LogP contribution in [0.5, 0.6) is 0 Å². The van der Waals surface area contributed by atoms with Crippen molar-refractivity contribution in [1.82, 2.24) is 4.90 Å². The minimum Gasteiger partial charge on any atom is -0.316 e. The predicted octanol–water partition coefficient (Wildman–Crippen LogP) is 2.07. The summed E-state index contributed by atoms with van der Waals surface area (Å²) in [5, 5.41) is 0. The summed E-state index contributed by atoms with van der Waals surface area (Å²) in [6, 6.07) is 0. The summed E-state index contributed by atoms with van der Waals surface area (Å²) in [4.78, 5) is 13.4. The first kappa shape index (κ1) is 9.33. The Morgan fingerprint density at radius 2 is 2.21 bits per heavy atom. The molecule has 0 radical (unpaired) electrons. The van der Waals surface area contributed by atoms with E-state index >= 15 is 0 Å². The molecule has 1 saturated heterocycles. The van der Waals surface area contributed by atoms with Gasteiger partial charge in [0.2, 0.25) is 5.91 Å². The fourth-order valence-electron chi connectivity index (χ4n) is 2.36. The third-order valence-electron chi connectivity index (χ3n) is 3.04. The standard InChI is InChI=1S/C12H15NO/c1-2-3-5-10-6-4-9-13-11(10)7-8-12(13)14/h1H,3-9H2. The topological polar surface area (TPSA) is 20.3 Å². The van der Waals surface area contributed by atoms with Crippen LogP contribution in [0.25, 0.3) is 0 Å². The Kier molecular flexibility index (Phi) is 2.58. The van der Waals surface area contributed by atoms with Gasteiger partial charge in [-0.25, -0.2) is 0 Å². The number of nitrogens with zero attached hydrogens (tertiary/aromatic N) is 1. The molecule has 1 fully saturated rings. The molecular weight excluding hydrogens is 174 g/mol. The van der Waals surface area contributed by atoms with Gasteiger partial charge in [-0.15, -0.1) is 12.3 Å². The van der Waals surface area contributed by atoms with Crippen LogP contribution in [-0.4, -0.2) is 17.4 Å². The lowest BCUT2D eigenvalue weighted by molar-refractivity contribution is -0.126. The van der Waals surface area contributed by atoms with Crippen molar-refractivity contribution in [2.45, 2.75) is 38.5 Å². The van der Waals surface area contributed by atoms with Crippen molar-refractivity contribution in [3.63, 3.8) is 0 Å². The zero-order valence-corrected chi connectivity index (χ0v) is 8.38. The summed E-state index contributed by atoms with van der Waals surface area (Å²) in [6.45, 7) is 0.924. The summed E-state index contributed by atoms with van der Waals surface area (Å²) in [7, 11) is 0. The third kappa shape index (κ3) is 1.55. The highest BCUT2D eigenvalue weighted by Gasteiger charge is 2.29. The number of fused-ring (bicyclic) bond motifs is 1. The second-order valence-corrected chi connectivity index (χ2v) is 3.90. The Morgan fingerprint density at radius 1 is 1.36 bits per heavy atom. The quantitative estimate of drug-likeness (QED) is 0.609. The highest BCUT2D eigenvalue weighted by molar-refractivity contribution is 5.81. The number of allylic oxidation sites excluding steroid dienone is 2. The monoisotopic (exact) mass is 189 g/mol. The van der Waals surface area contributed by atoms with Gasteiger partial charge in [0.15, 0.2) is 0 Å². The molecule has 0 aromatic carbocycles. The van der Waals surface area contributed by atoms with E-state index in [9.17, 15) is 4.79 Å². The Labute approximate surface area is 85.0 Å². The molecule has 0 aromatic rings. The molecule has 74 valence electrons. The number of rotatable bonds is 2. The van der Waals surface area contributed by atoms with Gasteiger partial charge in [0.1, 0.15) is 0 Å². The number of hydrogen-bond donors (Lipinski definition) is 0. The van der Waals surface area contributed by atoms with Crippen molar-refractivity contribution in [3.05, 3.63) is 11.3 Å². The van der Waals surface area contributed by atoms with Gasteiger partial charge in [-0.3, -0.25) is 4.79 Å². The first-order valence-corrected chi connectivity index (χ1v) is 5.27. The molecule has 0 aromatic heterocycles. The predicted molar refractivity (Wildman–Crippen MR) is 55.3 cm³/mol. The van der Waals surface area contributed by atoms with Crippen molar-refractivity contribution in [2.24, 2.45) is 0 Å². The van der Waals surface area contributed by atoms with Crippen LogP contribution in [0.2, 0.25) is 0 Å². The SMILES string of the molecule is C#CCCC1=C2CCC(=O)N2CCC1. The van der Waals surface area contributed by atoms with Crippen molar-refractivity contribution < 1.29 is 4.79 Å². The summed E-state index contributed by atoms with van der Waals surface area (Å²) < 4.78 is 0. The number of hydrogen-bond acceptors (Lipinski definition) is 1. The molecule has 2 rings (SSSR count). The Hall–Kier alpha value is -1.23. The van der Waals surface area contributed by atoms with Crippen LogP contribution in [0.3, 0.4) is 0 Å². The number of carbonyl (C=O) groups is 1. The normalized spacial score (nSPS) is 21.1. The van der Waals surface area contributed by atoms with Crippen molar-refractivity contribution in [3.8, 4) is 12.3 Å². The fourth-order valence-corrected chi connectivity index (χ4v) is 2.36. The van der Waals surface area contributed by atoms with E-state index < -0.39 is 0 Å². The summed E-state index contributed by atoms with van der Waals surface area (Å²) in [6.07, 6.45) is 10.9. The molecule has 0 aliphatic carbocycles. The van der Waals surface area contributed by atoms with Gasteiger partial charge in [0, 0.05) is 25.1 Å². The highest BCUT2D eigenvalue weighted by Crippen LogP contribution is 2.33. The maximum Gasteiger partial charge on any atom is 0.227 e. The van der Waals surface area contributed by atoms with Crippen LogP contribution in [0.4, 0.5) is 0 Å². The molecule has 0 atom stereocenters. The molecule has 2 nitrogen and oxygen atoms in total. The first-order chi connectivity index (χ1) is 6.83. The number of amides is 1. The molecule has 2 aliphatic rings. The molecule has 2 heteroatoms.